The fourth-order valence-corrected chi connectivity index (χ4v) is 5.19. The third kappa shape index (κ3) is 3.09. The molecule has 0 aliphatic rings. The molecule has 18 heavy (non-hydrogen) atoms. The van der Waals surface area contributed by atoms with Gasteiger partial charge in [0, 0.05) is 17.1 Å². The summed E-state index contributed by atoms with van der Waals surface area (Å²) in [7, 11) is -3.63. The number of hydrogen-bond acceptors (Lipinski definition) is 5. The van der Waals surface area contributed by atoms with Crippen LogP contribution in [0.3, 0.4) is 0 Å². The van der Waals surface area contributed by atoms with Gasteiger partial charge in [-0.3, -0.25) is 4.79 Å². The van der Waals surface area contributed by atoms with Crippen molar-refractivity contribution < 1.29 is 8.42 Å². The summed E-state index contributed by atoms with van der Waals surface area (Å²) in [5.41, 5.74) is 0.366. The quantitative estimate of drug-likeness (QED) is 0.866. The number of thiazole rings is 1. The van der Waals surface area contributed by atoms with Crippen molar-refractivity contribution in [1.82, 2.24) is 9.71 Å². The minimum atomic E-state index is -3.63. The molecule has 0 fully saturated rings. The van der Waals surface area contributed by atoms with Gasteiger partial charge in [0.1, 0.15) is 0 Å². The summed E-state index contributed by atoms with van der Waals surface area (Å²) in [6.07, 6.45) is 0. The Morgan fingerprint density at radius 2 is 2.11 bits per heavy atom. The normalized spacial score (nSPS) is 11.9. The van der Waals surface area contributed by atoms with Gasteiger partial charge in [0.15, 0.2) is 4.21 Å². The molecule has 5 nitrogen and oxygen atoms in total. The number of aromatic nitrogens is 1. The topological polar surface area (TPSA) is 79.0 Å². The third-order valence-corrected chi connectivity index (χ3v) is 6.72. The SMILES string of the molecule is Cc1[nH]c(=O)sc1S(=O)(=O)NCc1ccc(Br)s1. The third-order valence-electron chi connectivity index (χ3n) is 2.09. The van der Waals surface area contributed by atoms with Crippen LogP contribution in [0.15, 0.2) is 24.9 Å². The molecular formula is C9H9BrN2O3S3. The largest absolute Gasteiger partial charge is 0.315 e. The van der Waals surface area contributed by atoms with Crippen LogP contribution in [0.25, 0.3) is 0 Å². The lowest BCUT2D eigenvalue weighted by Gasteiger charge is -2.03. The Balaban J connectivity index is 2.18. The van der Waals surface area contributed by atoms with Crippen molar-refractivity contribution in [2.24, 2.45) is 0 Å². The lowest BCUT2D eigenvalue weighted by molar-refractivity contribution is 0.583. The first-order chi connectivity index (χ1) is 8.38. The van der Waals surface area contributed by atoms with Crippen molar-refractivity contribution in [3.63, 3.8) is 0 Å². The first kappa shape index (κ1) is 13.9. The first-order valence-electron chi connectivity index (χ1n) is 4.82. The zero-order valence-electron chi connectivity index (χ0n) is 9.19. The molecule has 2 aromatic rings. The van der Waals surface area contributed by atoms with E-state index in [0.29, 0.717) is 17.0 Å². The summed E-state index contributed by atoms with van der Waals surface area (Å²) in [4.78, 5) is 14.1. The van der Waals surface area contributed by atoms with Gasteiger partial charge in [-0.2, -0.15) is 0 Å². The number of rotatable bonds is 4. The van der Waals surface area contributed by atoms with Gasteiger partial charge in [0.25, 0.3) is 10.0 Å². The molecule has 0 bridgehead atoms. The van der Waals surface area contributed by atoms with Gasteiger partial charge in [-0.25, -0.2) is 13.1 Å². The van der Waals surface area contributed by atoms with Crippen LogP contribution in [0.4, 0.5) is 0 Å². The molecule has 0 aliphatic heterocycles. The lowest BCUT2D eigenvalue weighted by atomic mass is 10.5. The minimum absolute atomic E-state index is 0.0446. The molecule has 0 radical (unpaired) electrons. The molecule has 0 aromatic carbocycles. The molecule has 98 valence electrons. The number of halogens is 1. The van der Waals surface area contributed by atoms with Crippen molar-refractivity contribution in [3.05, 3.63) is 36.2 Å². The van der Waals surface area contributed by atoms with Crippen LogP contribution in [0, 0.1) is 6.92 Å². The molecule has 0 aliphatic carbocycles. The Morgan fingerprint density at radius 1 is 1.39 bits per heavy atom. The van der Waals surface area contributed by atoms with E-state index in [1.54, 1.807) is 6.92 Å². The summed E-state index contributed by atoms with van der Waals surface area (Å²) < 4.78 is 27.4. The van der Waals surface area contributed by atoms with Crippen LogP contribution < -0.4 is 9.60 Å². The molecule has 9 heteroatoms. The Kier molecular flexibility index (Phi) is 4.07. The van der Waals surface area contributed by atoms with Crippen LogP contribution in [0.2, 0.25) is 0 Å². The molecule has 0 unspecified atom stereocenters. The highest BCUT2D eigenvalue weighted by atomic mass is 79.9. The standard InChI is InChI=1S/C9H9BrN2O3S3/c1-5-8(17-9(13)12-5)18(14,15)11-4-6-2-3-7(10)16-6/h2-3,11H,4H2,1H3,(H,12,13). The van der Waals surface area contributed by atoms with Gasteiger partial charge in [-0.1, -0.05) is 11.3 Å². The van der Waals surface area contributed by atoms with Crippen molar-refractivity contribution in [3.8, 4) is 0 Å². The van der Waals surface area contributed by atoms with E-state index in [1.165, 1.54) is 11.3 Å². The van der Waals surface area contributed by atoms with Crippen molar-refractivity contribution in [1.29, 1.82) is 0 Å². The number of thiophene rings is 1. The molecule has 2 rings (SSSR count). The second kappa shape index (κ2) is 5.25. The van der Waals surface area contributed by atoms with E-state index in [4.69, 9.17) is 0 Å². The van der Waals surface area contributed by atoms with E-state index >= 15 is 0 Å². The highest BCUT2D eigenvalue weighted by Crippen LogP contribution is 2.23. The van der Waals surface area contributed by atoms with E-state index in [2.05, 4.69) is 25.6 Å². The summed E-state index contributed by atoms with van der Waals surface area (Å²) in [5, 5.41) is 0. The average Bonchev–Trinajstić information content (AvgIpc) is 2.82. The molecule has 2 heterocycles. The predicted molar refractivity (Wildman–Crippen MR) is 75.7 cm³/mol. The molecule has 0 saturated carbocycles. The fraction of sp³-hybridized carbons (Fsp3) is 0.222. The Hall–Kier alpha value is -0.480. The lowest BCUT2D eigenvalue weighted by Crippen LogP contribution is -2.22. The molecule has 0 spiro atoms. The Bertz CT molecular complexity index is 713. The maximum absolute atomic E-state index is 12.0. The number of aromatic amines is 1. The molecular weight excluding hydrogens is 360 g/mol. The fourth-order valence-electron chi connectivity index (χ4n) is 1.33. The van der Waals surface area contributed by atoms with Crippen molar-refractivity contribution in [2.75, 3.05) is 0 Å². The maximum Gasteiger partial charge on any atom is 0.305 e. The summed E-state index contributed by atoms with van der Waals surface area (Å²) >= 11 is 5.46. The first-order valence-corrected chi connectivity index (χ1v) is 8.73. The molecule has 0 amide bonds. The number of nitrogens with one attached hydrogen (secondary N) is 2. The van der Waals surface area contributed by atoms with E-state index in [9.17, 15) is 13.2 Å². The van der Waals surface area contributed by atoms with Gasteiger partial charge >= 0.3 is 4.87 Å². The van der Waals surface area contributed by atoms with Crippen LogP contribution >= 0.6 is 38.6 Å². The number of hydrogen-bond donors (Lipinski definition) is 2. The van der Waals surface area contributed by atoms with Gasteiger partial charge in [0.05, 0.1) is 3.79 Å². The van der Waals surface area contributed by atoms with Gasteiger partial charge in [-0.15, -0.1) is 11.3 Å². The number of aryl methyl sites for hydroxylation is 1. The van der Waals surface area contributed by atoms with Crippen molar-refractivity contribution in [2.45, 2.75) is 17.7 Å². The number of sulfonamides is 1. The van der Waals surface area contributed by atoms with E-state index < -0.39 is 10.0 Å². The Labute approximate surface area is 120 Å². The van der Waals surface area contributed by atoms with E-state index in [1.807, 2.05) is 12.1 Å². The molecule has 0 atom stereocenters. The van der Waals surface area contributed by atoms with Crippen LogP contribution in [-0.2, 0) is 16.6 Å². The van der Waals surface area contributed by atoms with Crippen LogP contribution in [-0.4, -0.2) is 13.4 Å². The molecule has 2 N–H and O–H groups in total. The van der Waals surface area contributed by atoms with Crippen LogP contribution in [0.5, 0.6) is 0 Å². The van der Waals surface area contributed by atoms with Crippen LogP contribution in [0.1, 0.15) is 10.6 Å². The highest BCUT2D eigenvalue weighted by molar-refractivity contribution is 9.11. The highest BCUT2D eigenvalue weighted by Gasteiger charge is 2.20. The molecule has 2 aromatic heterocycles. The monoisotopic (exact) mass is 368 g/mol. The second-order valence-electron chi connectivity index (χ2n) is 3.46. The summed E-state index contributed by atoms with van der Waals surface area (Å²) in [6.45, 7) is 1.78. The number of H-pyrrole nitrogens is 1. The molecule has 0 saturated heterocycles. The van der Waals surface area contributed by atoms with Gasteiger partial charge in [0.2, 0.25) is 0 Å². The van der Waals surface area contributed by atoms with E-state index in [-0.39, 0.29) is 15.6 Å². The Morgan fingerprint density at radius 3 is 2.61 bits per heavy atom. The second-order valence-corrected chi connectivity index (χ2v) is 8.95. The minimum Gasteiger partial charge on any atom is -0.315 e. The average molecular weight is 369 g/mol. The summed E-state index contributed by atoms with van der Waals surface area (Å²) in [5.74, 6) is 0. The zero-order valence-corrected chi connectivity index (χ0v) is 13.2. The zero-order chi connectivity index (χ0) is 13.3. The maximum atomic E-state index is 12.0. The van der Waals surface area contributed by atoms with Gasteiger partial charge < -0.3 is 4.98 Å². The van der Waals surface area contributed by atoms with E-state index in [0.717, 1.165) is 8.66 Å². The summed E-state index contributed by atoms with van der Waals surface area (Å²) in [6, 6.07) is 3.69. The smallest absolute Gasteiger partial charge is 0.305 e. The predicted octanol–water partition coefficient (Wildman–Crippen LogP) is 2.05. The van der Waals surface area contributed by atoms with Crippen molar-refractivity contribution >= 4 is 48.6 Å². The van der Waals surface area contributed by atoms with Gasteiger partial charge in [-0.05, 0) is 35.0 Å².